The topological polar surface area (TPSA) is 50.5 Å². The summed E-state index contributed by atoms with van der Waals surface area (Å²) in [4.78, 5) is 0. The molecule has 0 spiro atoms. The van der Waals surface area contributed by atoms with Crippen molar-refractivity contribution in [3.05, 3.63) is 23.8 Å². The van der Waals surface area contributed by atoms with Gasteiger partial charge in [0.25, 0.3) is 0 Å². The first-order valence-corrected chi connectivity index (χ1v) is 5.53. The summed E-state index contributed by atoms with van der Waals surface area (Å²) >= 11 is 0. The zero-order chi connectivity index (χ0) is 13.2. The molecule has 0 atom stereocenters. The fourth-order valence-electron chi connectivity index (χ4n) is 1.74. The summed E-state index contributed by atoms with van der Waals surface area (Å²) in [6, 6.07) is 3.72. The van der Waals surface area contributed by atoms with E-state index in [1.54, 1.807) is 5.01 Å². The lowest BCUT2D eigenvalue weighted by Gasteiger charge is -2.29. The minimum atomic E-state index is -4.43. The Kier molecular flexibility index (Phi) is 3.63. The van der Waals surface area contributed by atoms with Gasteiger partial charge in [-0.2, -0.15) is 13.2 Å². The molecule has 1 aliphatic heterocycles. The van der Waals surface area contributed by atoms with Gasteiger partial charge in [-0.05, 0) is 18.2 Å². The van der Waals surface area contributed by atoms with Gasteiger partial charge in [0.2, 0.25) is 0 Å². The number of benzene rings is 1. The molecule has 4 nitrogen and oxygen atoms in total. The molecule has 0 unspecified atom stereocenters. The maximum atomic E-state index is 12.8. The van der Waals surface area contributed by atoms with E-state index in [2.05, 4.69) is 5.43 Å². The van der Waals surface area contributed by atoms with Gasteiger partial charge in [0, 0.05) is 18.8 Å². The van der Waals surface area contributed by atoms with E-state index in [4.69, 9.17) is 10.5 Å². The van der Waals surface area contributed by atoms with E-state index in [9.17, 15) is 13.2 Å². The summed E-state index contributed by atoms with van der Waals surface area (Å²) in [7, 11) is 0. The van der Waals surface area contributed by atoms with Crippen molar-refractivity contribution in [2.24, 2.45) is 0 Å². The van der Waals surface area contributed by atoms with Crippen LogP contribution in [0.15, 0.2) is 18.2 Å². The maximum absolute atomic E-state index is 12.8. The van der Waals surface area contributed by atoms with Gasteiger partial charge in [0.05, 0.1) is 24.5 Å². The number of nitrogen functional groups attached to an aromatic ring is 1. The van der Waals surface area contributed by atoms with E-state index in [1.807, 2.05) is 0 Å². The van der Waals surface area contributed by atoms with Crippen molar-refractivity contribution < 1.29 is 17.9 Å². The number of hydrogen-bond donors (Lipinski definition) is 2. The van der Waals surface area contributed by atoms with Gasteiger partial charge in [-0.15, -0.1) is 0 Å². The van der Waals surface area contributed by atoms with Crippen LogP contribution in [0, 0.1) is 0 Å². The molecule has 7 heteroatoms. The van der Waals surface area contributed by atoms with Crippen LogP contribution in [0.1, 0.15) is 5.56 Å². The van der Waals surface area contributed by atoms with Crippen molar-refractivity contribution in [1.82, 2.24) is 5.01 Å². The van der Waals surface area contributed by atoms with Crippen LogP contribution in [0.2, 0.25) is 0 Å². The molecule has 1 saturated heterocycles. The van der Waals surface area contributed by atoms with Gasteiger partial charge < -0.3 is 15.9 Å². The summed E-state index contributed by atoms with van der Waals surface area (Å²) < 4.78 is 43.7. The molecule has 0 radical (unpaired) electrons. The molecular weight excluding hydrogens is 247 g/mol. The molecule has 0 bridgehead atoms. The number of ether oxygens (including phenoxy) is 1. The van der Waals surface area contributed by atoms with Gasteiger partial charge in [-0.1, -0.05) is 0 Å². The number of morpholine rings is 1. The van der Waals surface area contributed by atoms with Crippen molar-refractivity contribution in [2.75, 3.05) is 37.5 Å². The molecule has 2 rings (SSSR count). The largest absolute Gasteiger partial charge is 0.418 e. The molecule has 0 saturated carbocycles. The monoisotopic (exact) mass is 261 g/mol. The van der Waals surface area contributed by atoms with Crippen LogP contribution in [-0.2, 0) is 10.9 Å². The minimum Gasteiger partial charge on any atom is -0.399 e. The predicted octanol–water partition coefficient (Wildman–Crippen LogP) is 1.95. The fraction of sp³-hybridized carbons (Fsp3) is 0.455. The number of hydrazine groups is 1. The number of nitrogens with zero attached hydrogens (tertiary/aromatic N) is 1. The number of anilines is 2. The number of halogens is 3. The highest BCUT2D eigenvalue weighted by Crippen LogP contribution is 2.36. The lowest BCUT2D eigenvalue weighted by atomic mass is 10.1. The first-order valence-electron chi connectivity index (χ1n) is 5.53. The normalized spacial score (nSPS) is 17.7. The number of nitrogens with two attached hydrogens (primary N) is 1. The second kappa shape index (κ2) is 5.03. The quantitative estimate of drug-likeness (QED) is 0.799. The molecule has 3 N–H and O–H groups in total. The highest BCUT2D eigenvalue weighted by Gasteiger charge is 2.34. The Morgan fingerprint density at radius 3 is 2.50 bits per heavy atom. The van der Waals surface area contributed by atoms with Crippen LogP contribution in [-0.4, -0.2) is 31.3 Å². The van der Waals surface area contributed by atoms with Gasteiger partial charge >= 0.3 is 6.18 Å². The maximum Gasteiger partial charge on any atom is 0.418 e. The fourth-order valence-corrected chi connectivity index (χ4v) is 1.74. The Labute approximate surface area is 102 Å². The Bertz CT molecular complexity index is 416. The molecule has 1 aromatic rings. The lowest BCUT2D eigenvalue weighted by molar-refractivity contribution is -0.137. The molecule has 1 aromatic carbocycles. The van der Waals surface area contributed by atoms with E-state index in [0.717, 1.165) is 6.07 Å². The Morgan fingerprint density at radius 1 is 1.22 bits per heavy atom. The summed E-state index contributed by atoms with van der Waals surface area (Å²) in [5.74, 6) is 0. The number of hydrogen-bond acceptors (Lipinski definition) is 4. The van der Waals surface area contributed by atoms with E-state index < -0.39 is 11.7 Å². The molecule has 1 aliphatic rings. The summed E-state index contributed by atoms with van der Waals surface area (Å²) in [5.41, 5.74) is 7.51. The number of rotatable bonds is 2. The minimum absolute atomic E-state index is 0.0126. The molecule has 0 aromatic heterocycles. The van der Waals surface area contributed by atoms with Crippen LogP contribution in [0.4, 0.5) is 24.5 Å². The molecule has 0 aliphatic carbocycles. The van der Waals surface area contributed by atoms with Crippen molar-refractivity contribution in [3.63, 3.8) is 0 Å². The van der Waals surface area contributed by atoms with E-state index in [0.29, 0.717) is 26.3 Å². The molecule has 100 valence electrons. The Balaban J connectivity index is 2.21. The standard InChI is InChI=1S/C11H14F3N3O/c12-11(13,14)9-7-8(15)1-2-10(9)16-17-3-5-18-6-4-17/h1-2,7,16H,3-6,15H2. The highest BCUT2D eigenvalue weighted by molar-refractivity contribution is 5.58. The third-order valence-electron chi connectivity index (χ3n) is 2.64. The molecular formula is C11H14F3N3O. The Morgan fingerprint density at radius 2 is 1.89 bits per heavy atom. The molecule has 18 heavy (non-hydrogen) atoms. The first kappa shape index (κ1) is 13.0. The molecule has 1 heterocycles. The second-order valence-electron chi connectivity index (χ2n) is 4.01. The van der Waals surface area contributed by atoms with Crippen LogP contribution < -0.4 is 11.2 Å². The van der Waals surface area contributed by atoms with Crippen LogP contribution >= 0.6 is 0 Å². The first-order chi connectivity index (χ1) is 8.47. The summed E-state index contributed by atoms with van der Waals surface area (Å²) in [5, 5.41) is 1.70. The van der Waals surface area contributed by atoms with Gasteiger partial charge in [0.1, 0.15) is 0 Å². The van der Waals surface area contributed by atoms with Crippen molar-refractivity contribution >= 4 is 11.4 Å². The zero-order valence-corrected chi connectivity index (χ0v) is 9.63. The average Bonchev–Trinajstić information content (AvgIpc) is 2.31. The van der Waals surface area contributed by atoms with Crippen LogP contribution in [0.5, 0.6) is 0 Å². The Hall–Kier alpha value is -1.47. The van der Waals surface area contributed by atoms with E-state index in [1.165, 1.54) is 12.1 Å². The summed E-state index contributed by atoms with van der Waals surface area (Å²) in [6.45, 7) is 2.09. The lowest BCUT2D eigenvalue weighted by Crippen LogP contribution is -2.40. The van der Waals surface area contributed by atoms with Gasteiger partial charge in [-0.3, -0.25) is 0 Å². The van der Waals surface area contributed by atoms with Crippen LogP contribution in [0.3, 0.4) is 0 Å². The van der Waals surface area contributed by atoms with E-state index in [-0.39, 0.29) is 11.4 Å². The highest BCUT2D eigenvalue weighted by atomic mass is 19.4. The van der Waals surface area contributed by atoms with Crippen LogP contribution in [0.25, 0.3) is 0 Å². The van der Waals surface area contributed by atoms with Crippen molar-refractivity contribution in [2.45, 2.75) is 6.18 Å². The van der Waals surface area contributed by atoms with Crippen molar-refractivity contribution in [1.29, 1.82) is 0 Å². The predicted molar refractivity (Wildman–Crippen MR) is 61.9 cm³/mol. The average molecular weight is 261 g/mol. The smallest absolute Gasteiger partial charge is 0.399 e. The third-order valence-corrected chi connectivity index (χ3v) is 2.64. The summed E-state index contributed by atoms with van der Waals surface area (Å²) in [6.07, 6.45) is -4.43. The van der Waals surface area contributed by atoms with Gasteiger partial charge in [-0.25, -0.2) is 5.01 Å². The molecule has 1 fully saturated rings. The number of nitrogens with one attached hydrogen (secondary N) is 1. The van der Waals surface area contributed by atoms with Gasteiger partial charge in [0.15, 0.2) is 0 Å². The number of alkyl halides is 3. The third kappa shape index (κ3) is 3.05. The zero-order valence-electron chi connectivity index (χ0n) is 9.63. The van der Waals surface area contributed by atoms with E-state index >= 15 is 0 Å². The van der Waals surface area contributed by atoms with Crippen molar-refractivity contribution in [3.8, 4) is 0 Å². The molecule has 0 amide bonds. The second-order valence-corrected chi connectivity index (χ2v) is 4.01. The SMILES string of the molecule is Nc1ccc(NN2CCOCC2)c(C(F)(F)F)c1.